The Kier molecular flexibility index (Phi) is 12.3. The fourth-order valence-corrected chi connectivity index (χ4v) is 4.51. The quantitative estimate of drug-likeness (QED) is 0.395. The average Bonchev–Trinajstić information content (AvgIpc) is 2.72. The molecule has 0 saturated heterocycles. The van der Waals surface area contributed by atoms with Crippen molar-refractivity contribution in [2.75, 3.05) is 12.0 Å². The van der Waals surface area contributed by atoms with Gasteiger partial charge in [0.1, 0.15) is 17.7 Å². The third-order valence-corrected chi connectivity index (χ3v) is 6.18. The molecule has 1 aromatic rings. The first-order valence-electron chi connectivity index (χ1n) is 12.8. The first-order valence-corrected chi connectivity index (χ1v) is 14.2. The van der Waals surface area contributed by atoms with Crippen molar-refractivity contribution in [3.8, 4) is 0 Å². The van der Waals surface area contributed by atoms with Gasteiger partial charge in [-0.15, -0.1) is 0 Å². The number of carbonyl (C=O) groups excluding carboxylic acids is 3. The molecule has 1 rings (SSSR count). The van der Waals surface area contributed by atoms with E-state index in [2.05, 4.69) is 17.6 Å². The zero-order chi connectivity index (χ0) is 27.7. The Balaban J connectivity index is 3.53. The van der Waals surface area contributed by atoms with Gasteiger partial charge in [-0.3, -0.25) is 9.59 Å². The Hall–Kier alpha value is -2.22. The molecular formula is C28H47N3O4S. The Morgan fingerprint density at radius 3 is 2.19 bits per heavy atom. The second-order valence-electron chi connectivity index (χ2n) is 11.4. The number of aryl methyl sites for hydroxylation is 1. The Labute approximate surface area is 222 Å². The number of amides is 3. The molecule has 0 heterocycles. The van der Waals surface area contributed by atoms with Crippen LogP contribution < -0.4 is 10.6 Å². The molecule has 0 fully saturated rings. The molecule has 2 N–H and O–H groups in total. The molecule has 204 valence electrons. The minimum Gasteiger partial charge on any atom is -0.444 e. The maximum Gasteiger partial charge on any atom is 0.408 e. The molecule has 0 saturated carbocycles. The minimum absolute atomic E-state index is 0.0288. The van der Waals surface area contributed by atoms with Crippen LogP contribution in [0.25, 0.3) is 0 Å². The van der Waals surface area contributed by atoms with Crippen LogP contribution in [0.3, 0.4) is 0 Å². The van der Waals surface area contributed by atoms with Crippen molar-refractivity contribution in [2.45, 2.75) is 111 Å². The van der Waals surface area contributed by atoms with Crippen LogP contribution in [0, 0.1) is 6.92 Å². The van der Waals surface area contributed by atoms with Gasteiger partial charge in [0.15, 0.2) is 0 Å². The fourth-order valence-electron chi connectivity index (χ4n) is 4.04. The van der Waals surface area contributed by atoms with E-state index in [-0.39, 0.29) is 17.9 Å². The summed E-state index contributed by atoms with van der Waals surface area (Å²) in [7, 11) is 0. The number of hydrogen-bond donors (Lipinski definition) is 2. The van der Waals surface area contributed by atoms with Gasteiger partial charge in [-0.2, -0.15) is 11.8 Å². The van der Waals surface area contributed by atoms with Gasteiger partial charge in [0, 0.05) is 11.6 Å². The summed E-state index contributed by atoms with van der Waals surface area (Å²) in [5, 5.41) is 5.89. The highest BCUT2D eigenvalue weighted by molar-refractivity contribution is 7.98. The summed E-state index contributed by atoms with van der Waals surface area (Å²) >= 11 is 1.59. The van der Waals surface area contributed by atoms with E-state index >= 15 is 0 Å². The van der Waals surface area contributed by atoms with E-state index in [1.165, 1.54) is 0 Å². The van der Waals surface area contributed by atoms with Crippen LogP contribution >= 0.6 is 11.8 Å². The monoisotopic (exact) mass is 521 g/mol. The van der Waals surface area contributed by atoms with Gasteiger partial charge in [0.2, 0.25) is 11.8 Å². The number of ether oxygens (including phenoxy) is 1. The van der Waals surface area contributed by atoms with Gasteiger partial charge in [-0.05, 0) is 85.8 Å². The molecular weight excluding hydrogens is 474 g/mol. The summed E-state index contributed by atoms with van der Waals surface area (Å²) in [5.41, 5.74) is 0.337. The average molecular weight is 522 g/mol. The van der Waals surface area contributed by atoms with Crippen molar-refractivity contribution in [1.29, 1.82) is 0 Å². The van der Waals surface area contributed by atoms with Crippen molar-refractivity contribution >= 4 is 29.7 Å². The number of nitrogens with zero attached hydrogens (tertiary/aromatic N) is 1. The molecule has 7 nitrogen and oxygen atoms in total. The summed E-state index contributed by atoms with van der Waals surface area (Å²) in [6.07, 6.45) is 3.50. The van der Waals surface area contributed by atoms with Crippen molar-refractivity contribution in [2.24, 2.45) is 0 Å². The number of carbonyl (C=O) groups is 3. The van der Waals surface area contributed by atoms with E-state index in [4.69, 9.17) is 4.74 Å². The van der Waals surface area contributed by atoms with E-state index in [9.17, 15) is 14.4 Å². The lowest BCUT2D eigenvalue weighted by Crippen LogP contribution is -2.59. The summed E-state index contributed by atoms with van der Waals surface area (Å²) < 4.78 is 5.44. The van der Waals surface area contributed by atoms with Crippen LogP contribution in [0.4, 0.5) is 4.79 Å². The summed E-state index contributed by atoms with van der Waals surface area (Å²) in [5.74, 6) is 0.122. The lowest BCUT2D eigenvalue weighted by molar-refractivity contribution is -0.148. The fraction of sp³-hybridized carbons (Fsp3) is 0.679. The molecule has 0 radical (unpaired) electrons. The van der Waals surface area contributed by atoms with Crippen LogP contribution in [-0.4, -0.2) is 58.0 Å². The molecule has 36 heavy (non-hydrogen) atoms. The SMILES string of the molecule is CCCC(C)NC(=O)C(c1cccc(C)c1)N(C(=O)C(CCSC)NC(=O)OC(C)(C)C)C(C)(C)C. The van der Waals surface area contributed by atoms with E-state index in [0.29, 0.717) is 12.2 Å². The van der Waals surface area contributed by atoms with Gasteiger partial charge >= 0.3 is 6.09 Å². The first-order chi connectivity index (χ1) is 16.6. The maximum atomic E-state index is 14.2. The molecule has 3 atom stereocenters. The molecule has 8 heteroatoms. The molecule has 3 amide bonds. The topological polar surface area (TPSA) is 87.7 Å². The number of thioether (sulfide) groups is 1. The van der Waals surface area contributed by atoms with Crippen LogP contribution in [0.2, 0.25) is 0 Å². The predicted octanol–water partition coefficient (Wildman–Crippen LogP) is 5.61. The molecule has 0 bridgehead atoms. The molecule has 0 spiro atoms. The lowest BCUT2D eigenvalue weighted by Gasteiger charge is -2.43. The van der Waals surface area contributed by atoms with Crippen molar-refractivity contribution < 1.29 is 19.1 Å². The molecule has 0 aromatic heterocycles. The normalized spacial score (nSPS) is 14.4. The number of benzene rings is 1. The van der Waals surface area contributed by atoms with Crippen LogP contribution in [0.5, 0.6) is 0 Å². The standard InChI is InChI=1S/C28H47N3O4S/c1-11-13-20(3)29-24(32)23(21-15-12-14-19(2)18-21)31(27(4,5)6)25(33)22(16-17-36-10)30-26(34)35-28(7,8)9/h12,14-15,18,20,22-23H,11,13,16-17H2,1-10H3,(H,29,32)(H,30,34). The van der Waals surface area contributed by atoms with E-state index < -0.39 is 29.3 Å². The Morgan fingerprint density at radius 1 is 1.06 bits per heavy atom. The largest absolute Gasteiger partial charge is 0.444 e. The summed E-state index contributed by atoms with van der Waals surface area (Å²) in [6.45, 7) is 17.1. The molecule has 0 aliphatic heterocycles. The Morgan fingerprint density at radius 2 is 1.69 bits per heavy atom. The van der Waals surface area contributed by atoms with Crippen LogP contribution in [-0.2, 0) is 14.3 Å². The van der Waals surface area contributed by atoms with Gasteiger partial charge in [0.25, 0.3) is 0 Å². The molecule has 0 aliphatic carbocycles. The third kappa shape index (κ3) is 10.4. The Bertz CT molecular complexity index is 876. The van der Waals surface area contributed by atoms with Gasteiger partial charge < -0.3 is 20.3 Å². The van der Waals surface area contributed by atoms with E-state index in [0.717, 1.165) is 24.0 Å². The first kappa shape index (κ1) is 31.8. The minimum atomic E-state index is -0.853. The summed E-state index contributed by atoms with van der Waals surface area (Å²) in [4.78, 5) is 42.2. The van der Waals surface area contributed by atoms with Crippen molar-refractivity contribution in [3.05, 3.63) is 35.4 Å². The smallest absolute Gasteiger partial charge is 0.408 e. The highest BCUT2D eigenvalue weighted by Crippen LogP contribution is 2.31. The highest BCUT2D eigenvalue weighted by Gasteiger charge is 2.42. The molecule has 1 aromatic carbocycles. The maximum absolute atomic E-state index is 14.2. The number of rotatable bonds is 11. The number of alkyl carbamates (subject to hydrolysis) is 1. The van der Waals surface area contributed by atoms with Gasteiger partial charge in [-0.1, -0.05) is 43.2 Å². The van der Waals surface area contributed by atoms with Crippen LogP contribution in [0.15, 0.2) is 24.3 Å². The predicted molar refractivity (Wildman–Crippen MR) is 149 cm³/mol. The number of hydrogen-bond acceptors (Lipinski definition) is 5. The third-order valence-electron chi connectivity index (χ3n) is 5.53. The van der Waals surface area contributed by atoms with E-state index in [1.54, 1.807) is 37.4 Å². The zero-order valence-electron chi connectivity index (χ0n) is 23.9. The van der Waals surface area contributed by atoms with Gasteiger partial charge in [0.05, 0.1) is 0 Å². The lowest BCUT2D eigenvalue weighted by atomic mass is 9.94. The molecule has 3 unspecified atom stereocenters. The zero-order valence-corrected chi connectivity index (χ0v) is 24.7. The second-order valence-corrected chi connectivity index (χ2v) is 12.4. The van der Waals surface area contributed by atoms with E-state index in [1.807, 2.05) is 65.1 Å². The molecule has 0 aliphatic rings. The second kappa shape index (κ2) is 13.9. The van der Waals surface area contributed by atoms with Crippen molar-refractivity contribution in [3.63, 3.8) is 0 Å². The van der Waals surface area contributed by atoms with Crippen LogP contribution in [0.1, 0.15) is 91.8 Å². The number of nitrogens with one attached hydrogen (secondary N) is 2. The van der Waals surface area contributed by atoms with Crippen molar-refractivity contribution in [1.82, 2.24) is 15.5 Å². The summed E-state index contributed by atoms with van der Waals surface area (Å²) in [6, 6.07) is 5.97. The van der Waals surface area contributed by atoms with Gasteiger partial charge in [-0.25, -0.2) is 4.79 Å². The highest BCUT2D eigenvalue weighted by atomic mass is 32.2.